The average molecular weight is 227 g/mol. The molecule has 2 saturated heterocycles. The molecule has 3 heteroatoms. The maximum Gasteiger partial charge on any atom is 0.181 e. The fourth-order valence-corrected chi connectivity index (χ4v) is 2.49. The molecular weight excluding hydrogens is 202 g/mol. The standard InChI is InChI=1S/C13H25NO2/c1-12(2,3)6-8-14-7-4-5-13(11-14)15-9-10-16-13/h4-11H2,1-3H3. The Bertz CT molecular complexity index is 229. The predicted octanol–water partition coefficient (Wildman–Crippen LogP) is 2.26. The van der Waals surface area contributed by atoms with Gasteiger partial charge in [0.2, 0.25) is 0 Å². The van der Waals surface area contributed by atoms with Gasteiger partial charge >= 0.3 is 0 Å². The van der Waals surface area contributed by atoms with Crippen LogP contribution >= 0.6 is 0 Å². The molecule has 2 heterocycles. The van der Waals surface area contributed by atoms with Crippen molar-refractivity contribution in [3.8, 4) is 0 Å². The zero-order valence-corrected chi connectivity index (χ0v) is 10.9. The molecule has 0 N–H and O–H groups in total. The van der Waals surface area contributed by atoms with Crippen molar-refractivity contribution in [2.24, 2.45) is 5.41 Å². The fraction of sp³-hybridized carbons (Fsp3) is 1.00. The van der Waals surface area contributed by atoms with Gasteiger partial charge < -0.3 is 9.47 Å². The number of ether oxygens (including phenoxy) is 2. The van der Waals surface area contributed by atoms with Crippen LogP contribution in [0.15, 0.2) is 0 Å². The van der Waals surface area contributed by atoms with Gasteiger partial charge in [-0.25, -0.2) is 0 Å². The molecule has 0 aromatic carbocycles. The minimum atomic E-state index is -0.254. The van der Waals surface area contributed by atoms with E-state index in [4.69, 9.17) is 9.47 Å². The molecule has 0 radical (unpaired) electrons. The van der Waals surface area contributed by atoms with E-state index >= 15 is 0 Å². The molecule has 2 aliphatic heterocycles. The second-order valence-corrected chi connectivity index (χ2v) is 6.30. The first-order valence-electron chi connectivity index (χ1n) is 6.49. The third kappa shape index (κ3) is 3.19. The Hall–Kier alpha value is -0.120. The van der Waals surface area contributed by atoms with Gasteiger partial charge in [0.25, 0.3) is 0 Å². The molecule has 0 bridgehead atoms. The molecule has 2 fully saturated rings. The van der Waals surface area contributed by atoms with E-state index in [0.717, 1.165) is 32.7 Å². The highest BCUT2D eigenvalue weighted by Gasteiger charge is 2.40. The molecule has 0 aliphatic carbocycles. The van der Waals surface area contributed by atoms with Crippen molar-refractivity contribution in [1.29, 1.82) is 0 Å². The summed E-state index contributed by atoms with van der Waals surface area (Å²) >= 11 is 0. The van der Waals surface area contributed by atoms with Crippen LogP contribution in [0.4, 0.5) is 0 Å². The van der Waals surface area contributed by atoms with Gasteiger partial charge in [-0.05, 0) is 31.3 Å². The van der Waals surface area contributed by atoms with Crippen molar-refractivity contribution >= 4 is 0 Å². The van der Waals surface area contributed by atoms with Crippen LogP contribution in [0.5, 0.6) is 0 Å². The van der Waals surface area contributed by atoms with Gasteiger partial charge in [0.15, 0.2) is 5.79 Å². The fourth-order valence-electron chi connectivity index (χ4n) is 2.49. The van der Waals surface area contributed by atoms with Crippen LogP contribution in [0.25, 0.3) is 0 Å². The average Bonchev–Trinajstić information content (AvgIpc) is 2.63. The monoisotopic (exact) mass is 227 g/mol. The van der Waals surface area contributed by atoms with Crippen LogP contribution in [0.2, 0.25) is 0 Å². The molecule has 2 rings (SSSR count). The molecule has 1 spiro atoms. The van der Waals surface area contributed by atoms with Gasteiger partial charge in [-0.3, -0.25) is 4.90 Å². The van der Waals surface area contributed by atoms with Gasteiger partial charge in [-0.15, -0.1) is 0 Å². The predicted molar refractivity (Wildman–Crippen MR) is 64.4 cm³/mol. The zero-order chi connectivity index (χ0) is 11.6. The highest BCUT2D eigenvalue weighted by atomic mass is 16.7. The Balaban J connectivity index is 1.82. The summed E-state index contributed by atoms with van der Waals surface area (Å²) in [5.41, 5.74) is 0.419. The van der Waals surface area contributed by atoms with E-state index in [1.807, 2.05) is 0 Å². The summed E-state index contributed by atoms with van der Waals surface area (Å²) in [6.45, 7) is 11.8. The lowest BCUT2D eigenvalue weighted by Gasteiger charge is -2.39. The minimum absolute atomic E-state index is 0.254. The first-order chi connectivity index (χ1) is 7.49. The molecule has 0 aromatic rings. The number of rotatable bonds is 2. The minimum Gasteiger partial charge on any atom is -0.346 e. The summed E-state index contributed by atoms with van der Waals surface area (Å²) in [5.74, 6) is -0.254. The number of piperidine rings is 1. The topological polar surface area (TPSA) is 21.7 Å². The van der Waals surface area contributed by atoms with E-state index < -0.39 is 0 Å². The Morgan fingerprint density at radius 3 is 2.50 bits per heavy atom. The van der Waals surface area contributed by atoms with Gasteiger partial charge in [-0.1, -0.05) is 20.8 Å². The molecule has 2 aliphatic rings. The first-order valence-corrected chi connectivity index (χ1v) is 6.49. The van der Waals surface area contributed by atoms with Crippen LogP contribution in [0.3, 0.4) is 0 Å². The largest absolute Gasteiger partial charge is 0.346 e. The molecule has 0 amide bonds. The lowest BCUT2D eigenvalue weighted by atomic mass is 9.91. The van der Waals surface area contributed by atoms with Crippen molar-refractivity contribution in [2.75, 3.05) is 32.8 Å². The summed E-state index contributed by atoms with van der Waals surface area (Å²) < 4.78 is 11.6. The van der Waals surface area contributed by atoms with E-state index in [9.17, 15) is 0 Å². The third-order valence-corrected chi connectivity index (χ3v) is 3.49. The summed E-state index contributed by atoms with van der Waals surface area (Å²) in [6.07, 6.45) is 3.51. The first kappa shape index (κ1) is 12.3. The molecule has 16 heavy (non-hydrogen) atoms. The van der Waals surface area contributed by atoms with E-state index in [-0.39, 0.29) is 5.79 Å². The van der Waals surface area contributed by atoms with Gasteiger partial charge in [-0.2, -0.15) is 0 Å². The summed E-state index contributed by atoms with van der Waals surface area (Å²) in [7, 11) is 0. The molecule has 0 aromatic heterocycles. The van der Waals surface area contributed by atoms with Crippen molar-refractivity contribution in [3.05, 3.63) is 0 Å². The van der Waals surface area contributed by atoms with Crippen LogP contribution < -0.4 is 0 Å². The summed E-state index contributed by atoms with van der Waals surface area (Å²) in [4.78, 5) is 2.50. The normalized spacial score (nSPS) is 26.4. The Morgan fingerprint density at radius 2 is 1.88 bits per heavy atom. The van der Waals surface area contributed by atoms with Crippen molar-refractivity contribution in [2.45, 2.75) is 45.8 Å². The maximum absolute atomic E-state index is 5.78. The van der Waals surface area contributed by atoms with Crippen molar-refractivity contribution < 1.29 is 9.47 Å². The van der Waals surface area contributed by atoms with E-state index in [1.54, 1.807) is 0 Å². The lowest BCUT2D eigenvalue weighted by molar-refractivity contribution is -0.189. The second kappa shape index (κ2) is 4.63. The van der Waals surface area contributed by atoms with E-state index in [1.165, 1.54) is 19.4 Å². The third-order valence-electron chi connectivity index (χ3n) is 3.49. The molecule has 3 nitrogen and oxygen atoms in total. The van der Waals surface area contributed by atoms with Gasteiger partial charge in [0, 0.05) is 6.42 Å². The Labute approximate surface area is 99.1 Å². The quantitative estimate of drug-likeness (QED) is 0.722. The van der Waals surface area contributed by atoms with Crippen molar-refractivity contribution in [3.63, 3.8) is 0 Å². The smallest absolute Gasteiger partial charge is 0.181 e. The van der Waals surface area contributed by atoms with Gasteiger partial charge in [0.1, 0.15) is 0 Å². The molecule has 0 saturated carbocycles. The number of hydrogen-bond donors (Lipinski definition) is 0. The Kier molecular flexibility index (Phi) is 3.57. The lowest BCUT2D eigenvalue weighted by Crippen LogP contribution is -2.49. The highest BCUT2D eigenvalue weighted by Crippen LogP contribution is 2.30. The second-order valence-electron chi connectivity index (χ2n) is 6.30. The van der Waals surface area contributed by atoms with Crippen LogP contribution in [0.1, 0.15) is 40.0 Å². The maximum atomic E-state index is 5.78. The number of hydrogen-bond acceptors (Lipinski definition) is 3. The van der Waals surface area contributed by atoms with Crippen molar-refractivity contribution in [1.82, 2.24) is 4.90 Å². The molecule has 0 atom stereocenters. The van der Waals surface area contributed by atoms with E-state index in [0.29, 0.717) is 5.41 Å². The summed E-state index contributed by atoms with van der Waals surface area (Å²) in [5, 5.41) is 0. The zero-order valence-electron chi connectivity index (χ0n) is 10.9. The van der Waals surface area contributed by atoms with Gasteiger partial charge in [0.05, 0.1) is 19.8 Å². The summed E-state index contributed by atoms with van der Waals surface area (Å²) in [6, 6.07) is 0. The molecular formula is C13H25NO2. The van der Waals surface area contributed by atoms with Crippen LogP contribution in [-0.2, 0) is 9.47 Å². The van der Waals surface area contributed by atoms with Crippen LogP contribution in [-0.4, -0.2) is 43.5 Å². The van der Waals surface area contributed by atoms with Crippen LogP contribution in [0, 0.1) is 5.41 Å². The molecule has 0 unspecified atom stereocenters. The molecule has 94 valence electrons. The Morgan fingerprint density at radius 1 is 1.19 bits per heavy atom. The SMILES string of the molecule is CC(C)(C)CCN1CCCC2(C1)OCCO2. The highest BCUT2D eigenvalue weighted by molar-refractivity contribution is 4.84. The number of likely N-dealkylation sites (tertiary alicyclic amines) is 1. The van der Waals surface area contributed by atoms with E-state index in [2.05, 4.69) is 25.7 Å². The number of nitrogens with zero attached hydrogens (tertiary/aromatic N) is 1.